The van der Waals surface area contributed by atoms with E-state index in [-0.39, 0.29) is 12.1 Å². The molecule has 1 aliphatic rings. The molecule has 2 atom stereocenters. The fourth-order valence-electron chi connectivity index (χ4n) is 2.39. The van der Waals surface area contributed by atoms with Crippen molar-refractivity contribution in [2.45, 2.75) is 18.8 Å². The predicted molar refractivity (Wildman–Crippen MR) is 95.4 cm³/mol. The number of carbonyl (C=O) groups excluding carboxylic acids is 1. The summed E-state index contributed by atoms with van der Waals surface area (Å²) in [5.41, 5.74) is 10.3. The van der Waals surface area contributed by atoms with Gasteiger partial charge in [-0.05, 0) is 29.8 Å². The van der Waals surface area contributed by atoms with E-state index in [1.165, 1.54) is 0 Å². The first-order valence-electron chi connectivity index (χ1n) is 7.43. The van der Waals surface area contributed by atoms with Crippen LogP contribution in [0.4, 0.5) is 5.69 Å². The summed E-state index contributed by atoms with van der Waals surface area (Å²) in [6.45, 7) is 0.362. The fourth-order valence-corrected chi connectivity index (χ4v) is 2.78. The third-order valence-electron chi connectivity index (χ3n) is 3.63. The van der Waals surface area contributed by atoms with Crippen molar-refractivity contribution in [3.8, 4) is 0 Å². The number of hydrazine groups is 2. The topological polar surface area (TPSA) is 77.2 Å². The van der Waals surface area contributed by atoms with Crippen LogP contribution in [0.1, 0.15) is 5.56 Å². The SMILES string of the molecule is O=C(NCc1ccccc1Cl)C1NNNC1Nc1cccc(Cl)c1. The average molecular weight is 366 g/mol. The van der Waals surface area contributed by atoms with Gasteiger partial charge in [-0.15, -0.1) is 0 Å². The third kappa shape index (κ3) is 4.17. The average Bonchev–Trinajstić information content (AvgIpc) is 3.02. The Morgan fingerprint density at radius 2 is 1.92 bits per heavy atom. The summed E-state index contributed by atoms with van der Waals surface area (Å²) in [6.07, 6.45) is -0.338. The molecule has 2 aromatic rings. The largest absolute Gasteiger partial charge is 0.367 e. The number of rotatable bonds is 5. The molecular weight excluding hydrogens is 349 g/mol. The Labute approximate surface area is 149 Å². The van der Waals surface area contributed by atoms with Gasteiger partial charge in [-0.3, -0.25) is 4.79 Å². The van der Waals surface area contributed by atoms with E-state index in [4.69, 9.17) is 23.2 Å². The summed E-state index contributed by atoms with van der Waals surface area (Å²) in [5.74, 6) is -0.160. The number of carbonyl (C=O) groups is 1. The van der Waals surface area contributed by atoms with E-state index >= 15 is 0 Å². The third-order valence-corrected chi connectivity index (χ3v) is 4.23. The summed E-state index contributed by atoms with van der Waals surface area (Å²) >= 11 is 12.1. The van der Waals surface area contributed by atoms with Crippen LogP contribution in [0.3, 0.4) is 0 Å². The van der Waals surface area contributed by atoms with Gasteiger partial charge in [0.1, 0.15) is 12.2 Å². The van der Waals surface area contributed by atoms with Crippen LogP contribution >= 0.6 is 23.2 Å². The molecule has 0 spiro atoms. The molecule has 2 unspecified atom stereocenters. The van der Waals surface area contributed by atoms with Gasteiger partial charge in [0, 0.05) is 22.3 Å². The van der Waals surface area contributed by atoms with Crippen molar-refractivity contribution < 1.29 is 4.79 Å². The van der Waals surface area contributed by atoms with Crippen LogP contribution in [-0.4, -0.2) is 18.1 Å². The number of amides is 1. The molecule has 126 valence electrons. The van der Waals surface area contributed by atoms with E-state index < -0.39 is 6.04 Å². The van der Waals surface area contributed by atoms with Crippen molar-refractivity contribution >= 4 is 34.8 Å². The quantitative estimate of drug-likeness (QED) is 0.560. The molecule has 1 aliphatic heterocycles. The molecule has 2 aromatic carbocycles. The van der Waals surface area contributed by atoms with Gasteiger partial charge < -0.3 is 10.6 Å². The minimum Gasteiger partial charge on any atom is -0.367 e. The van der Waals surface area contributed by atoms with Gasteiger partial charge >= 0.3 is 0 Å². The summed E-state index contributed by atoms with van der Waals surface area (Å²) in [4.78, 5) is 12.4. The highest BCUT2D eigenvalue weighted by Crippen LogP contribution is 2.17. The normalized spacial score (nSPS) is 19.9. The number of hydrogen-bond donors (Lipinski definition) is 5. The Morgan fingerprint density at radius 3 is 2.71 bits per heavy atom. The highest BCUT2D eigenvalue weighted by atomic mass is 35.5. The molecule has 0 saturated carbocycles. The van der Waals surface area contributed by atoms with Crippen molar-refractivity contribution in [3.63, 3.8) is 0 Å². The number of hydrogen-bond acceptors (Lipinski definition) is 5. The molecule has 0 bridgehead atoms. The van der Waals surface area contributed by atoms with Gasteiger partial charge in [0.05, 0.1) is 0 Å². The van der Waals surface area contributed by atoms with Crippen molar-refractivity contribution in [2.75, 3.05) is 5.32 Å². The summed E-state index contributed by atoms with van der Waals surface area (Å²) < 4.78 is 0. The smallest absolute Gasteiger partial charge is 0.242 e. The predicted octanol–water partition coefficient (Wildman–Crippen LogP) is 2.03. The van der Waals surface area contributed by atoms with Crippen molar-refractivity contribution in [1.82, 2.24) is 21.7 Å². The number of benzene rings is 2. The highest BCUT2D eigenvalue weighted by molar-refractivity contribution is 6.31. The Balaban J connectivity index is 1.60. The molecule has 0 aromatic heterocycles. The maximum atomic E-state index is 12.4. The van der Waals surface area contributed by atoms with Crippen LogP contribution in [0.5, 0.6) is 0 Å². The number of halogens is 2. The molecule has 1 fully saturated rings. The Bertz CT molecular complexity index is 727. The highest BCUT2D eigenvalue weighted by Gasteiger charge is 2.32. The first kappa shape index (κ1) is 17.0. The van der Waals surface area contributed by atoms with Crippen LogP contribution in [0.25, 0.3) is 0 Å². The van der Waals surface area contributed by atoms with Crippen LogP contribution in [-0.2, 0) is 11.3 Å². The van der Waals surface area contributed by atoms with Gasteiger partial charge in [0.2, 0.25) is 5.91 Å². The number of anilines is 1. The van der Waals surface area contributed by atoms with Gasteiger partial charge in [0.25, 0.3) is 0 Å². The van der Waals surface area contributed by atoms with Crippen LogP contribution in [0, 0.1) is 0 Å². The lowest BCUT2D eigenvalue weighted by Gasteiger charge is -2.20. The van der Waals surface area contributed by atoms with E-state index in [1.807, 2.05) is 30.3 Å². The molecule has 8 heteroatoms. The van der Waals surface area contributed by atoms with Crippen LogP contribution in [0.2, 0.25) is 10.0 Å². The van der Waals surface area contributed by atoms with Gasteiger partial charge in [0.15, 0.2) is 0 Å². The van der Waals surface area contributed by atoms with E-state index in [9.17, 15) is 4.79 Å². The monoisotopic (exact) mass is 365 g/mol. The molecule has 6 nitrogen and oxygen atoms in total. The molecule has 5 N–H and O–H groups in total. The molecular formula is C16H17Cl2N5O. The second kappa shape index (κ2) is 7.83. The first-order chi connectivity index (χ1) is 11.6. The van der Waals surface area contributed by atoms with E-state index in [2.05, 4.69) is 27.0 Å². The Morgan fingerprint density at radius 1 is 1.08 bits per heavy atom. The van der Waals surface area contributed by atoms with Crippen LogP contribution < -0.4 is 27.0 Å². The van der Waals surface area contributed by atoms with Gasteiger partial charge in [-0.1, -0.05) is 47.5 Å². The van der Waals surface area contributed by atoms with Gasteiger partial charge in [-0.25, -0.2) is 10.9 Å². The zero-order chi connectivity index (χ0) is 16.9. The van der Waals surface area contributed by atoms with E-state index in [1.54, 1.807) is 18.2 Å². The lowest BCUT2D eigenvalue weighted by Crippen LogP contribution is -2.50. The van der Waals surface area contributed by atoms with Crippen molar-refractivity contribution in [2.24, 2.45) is 0 Å². The minimum atomic E-state index is -0.508. The summed E-state index contributed by atoms with van der Waals surface area (Å²) in [7, 11) is 0. The Hall–Kier alpha value is -1.83. The second-order valence-corrected chi connectivity index (χ2v) is 6.18. The lowest BCUT2D eigenvalue weighted by molar-refractivity contribution is -0.123. The van der Waals surface area contributed by atoms with E-state index in [0.29, 0.717) is 16.6 Å². The molecule has 3 rings (SSSR count). The van der Waals surface area contributed by atoms with Crippen molar-refractivity contribution in [1.29, 1.82) is 0 Å². The molecule has 1 amide bonds. The maximum absolute atomic E-state index is 12.4. The lowest BCUT2D eigenvalue weighted by atomic mass is 10.2. The zero-order valence-corrected chi connectivity index (χ0v) is 14.2. The summed E-state index contributed by atoms with van der Waals surface area (Å²) in [6, 6.07) is 14.2. The van der Waals surface area contributed by atoms with Crippen LogP contribution in [0.15, 0.2) is 48.5 Å². The molecule has 0 radical (unpaired) electrons. The molecule has 1 heterocycles. The maximum Gasteiger partial charge on any atom is 0.242 e. The second-order valence-electron chi connectivity index (χ2n) is 5.33. The molecule has 1 saturated heterocycles. The minimum absolute atomic E-state index is 0.160. The molecule has 24 heavy (non-hydrogen) atoms. The zero-order valence-electron chi connectivity index (χ0n) is 12.6. The summed E-state index contributed by atoms with van der Waals surface area (Å²) in [5, 5.41) is 7.34. The van der Waals surface area contributed by atoms with E-state index in [0.717, 1.165) is 11.3 Å². The first-order valence-corrected chi connectivity index (χ1v) is 8.18. The fraction of sp³-hybridized carbons (Fsp3) is 0.188. The Kier molecular flexibility index (Phi) is 5.55. The molecule has 0 aliphatic carbocycles. The number of nitrogens with one attached hydrogen (secondary N) is 5. The standard InChI is InChI=1S/C16H17Cl2N5O/c17-11-5-3-6-12(8-11)20-15-14(21-23-22-15)16(24)19-9-10-4-1-2-7-13(10)18/h1-8,14-15,20-23H,9H2,(H,19,24). The van der Waals surface area contributed by atoms with Crippen molar-refractivity contribution in [3.05, 3.63) is 64.1 Å². The van der Waals surface area contributed by atoms with Gasteiger partial charge in [-0.2, -0.15) is 5.53 Å².